The number of piperazine rings is 1. The zero-order chi connectivity index (χ0) is 18.2. The smallest absolute Gasteiger partial charge is 0.305 e. The van der Waals surface area contributed by atoms with Crippen LogP contribution < -0.4 is 9.80 Å². The van der Waals surface area contributed by atoms with Gasteiger partial charge in [-0.05, 0) is 18.6 Å². The van der Waals surface area contributed by atoms with E-state index < -0.39 is 14.8 Å². The van der Waals surface area contributed by atoms with Gasteiger partial charge in [0.25, 0.3) is 0 Å². The molecule has 1 aliphatic rings. The van der Waals surface area contributed by atoms with Crippen LogP contribution in [-0.2, 0) is 9.84 Å². The molecule has 1 saturated heterocycles. The molecular weight excluding hydrogens is 362 g/mol. The summed E-state index contributed by atoms with van der Waals surface area (Å²) in [4.78, 5) is 15.0. The summed E-state index contributed by atoms with van der Waals surface area (Å²) < 4.78 is 23.5. The van der Waals surface area contributed by atoms with E-state index in [-0.39, 0.29) is 9.90 Å². The predicted octanol–water partition coefficient (Wildman–Crippen LogP) is 2.69. The second-order valence-electron chi connectivity index (χ2n) is 6.05. The fraction of sp³-hybridized carbons (Fsp3) is 0.375. The lowest BCUT2D eigenvalue weighted by Gasteiger charge is -2.37. The Kier molecular flexibility index (Phi) is 4.70. The van der Waals surface area contributed by atoms with E-state index in [2.05, 4.69) is 24.0 Å². The molecule has 0 unspecified atom stereocenters. The lowest BCUT2D eigenvalue weighted by atomic mass is 10.1. The van der Waals surface area contributed by atoms with E-state index in [1.807, 2.05) is 17.0 Å². The van der Waals surface area contributed by atoms with Gasteiger partial charge >= 0.3 is 5.69 Å². The minimum Gasteiger partial charge on any atom is -0.368 e. The van der Waals surface area contributed by atoms with Crippen molar-refractivity contribution in [3.63, 3.8) is 0 Å². The monoisotopic (exact) mass is 381 g/mol. The largest absolute Gasteiger partial charge is 0.368 e. The van der Waals surface area contributed by atoms with Gasteiger partial charge in [0.1, 0.15) is 4.21 Å². The van der Waals surface area contributed by atoms with Crippen LogP contribution in [0.2, 0.25) is 0 Å². The summed E-state index contributed by atoms with van der Waals surface area (Å²) in [5.41, 5.74) is 2.23. The van der Waals surface area contributed by atoms with Crippen molar-refractivity contribution in [1.82, 2.24) is 0 Å². The van der Waals surface area contributed by atoms with Crippen molar-refractivity contribution >= 4 is 37.5 Å². The van der Waals surface area contributed by atoms with Crippen molar-refractivity contribution in [2.75, 3.05) is 42.2 Å². The van der Waals surface area contributed by atoms with Gasteiger partial charge < -0.3 is 9.80 Å². The predicted molar refractivity (Wildman–Crippen MR) is 99.7 cm³/mol. The molecular formula is C16H19N3O4S2. The first kappa shape index (κ1) is 17.7. The Morgan fingerprint density at radius 3 is 2.28 bits per heavy atom. The highest BCUT2D eigenvalue weighted by Gasteiger charge is 2.29. The number of anilines is 2. The minimum atomic E-state index is -3.46. The van der Waals surface area contributed by atoms with Gasteiger partial charge in [0.15, 0.2) is 14.8 Å². The third-order valence-corrected chi connectivity index (χ3v) is 7.24. The number of para-hydroxylation sites is 1. The molecule has 0 radical (unpaired) electrons. The lowest BCUT2D eigenvalue weighted by molar-refractivity contribution is -0.383. The second-order valence-corrected chi connectivity index (χ2v) is 9.32. The van der Waals surface area contributed by atoms with Crippen LogP contribution in [0.15, 0.2) is 34.5 Å². The molecule has 0 bridgehead atoms. The molecule has 1 aromatic heterocycles. The minimum absolute atomic E-state index is 0.0375. The maximum absolute atomic E-state index is 11.7. The van der Waals surface area contributed by atoms with Crippen LogP contribution in [0, 0.1) is 17.0 Å². The van der Waals surface area contributed by atoms with Gasteiger partial charge in [-0.15, -0.1) is 0 Å². The van der Waals surface area contributed by atoms with Gasteiger partial charge in [0, 0.05) is 44.2 Å². The molecule has 1 aliphatic heterocycles. The van der Waals surface area contributed by atoms with Crippen molar-refractivity contribution in [3.05, 3.63) is 46.0 Å². The van der Waals surface area contributed by atoms with Crippen LogP contribution >= 0.6 is 11.3 Å². The second kappa shape index (κ2) is 6.64. The number of benzene rings is 1. The molecule has 0 aliphatic carbocycles. The first-order valence-electron chi connectivity index (χ1n) is 7.81. The summed E-state index contributed by atoms with van der Waals surface area (Å²) in [6, 6.07) is 9.29. The topological polar surface area (TPSA) is 83.8 Å². The number of aryl methyl sites for hydroxylation is 1. The fourth-order valence-electron chi connectivity index (χ4n) is 2.96. The average molecular weight is 381 g/mol. The molecule has 1 fully saturated rings. The fourth-order valence-corrected chi connectivity index (χ4v) is 5.04. The van der Waals surface area contributed by atoms with E-state index in [1.165, 1.54) is 17.3 Å². The molecule has 134 valence electrons. The molecule has 0 N–H and O–H groups in total. The summed E-state index contributed by atoms with van der Waals surface area (Å²) in [7, 11) is -3.46. The Morgan fingerprint density at radius 1 is 1.12 bits per heavy atom. The van der Waals surface area contributed by atoms with E-state index in [4.69, 9.17) is 0 Å². The average Bonchev–Trinajstić information content (AvgIpc) is 3.01. The van der Waals surface area contributed by atoms with E-state index in [0.717, 1.165) is 30.7 Å². The van der Waals surface area contributed by atoms with Crippen molar-refractivity contribution < 1.29 is 13.3 Å². The highest BCUT2D eigenvalue weighted by Crippen LogP contribution is 2.40. The Morgan fingerprint density at radius 2 is 1.72 bits per heavy atom. The summed E-state index contributed by atoms with van der Waals surface area (Å²) >= 11 is 0.979. The van der Waals surface area contributed by atoms with Crippen molar-refractivity contribution in [1.29, 1.82) is 0 Å². The summed E-state index contributed by atoms with van der Waals surface area (Å²) in [6.07, 6.45) is 1.07. The molecule has 2 aromatic rings. The highest BCUT2D eigenvalue weighted by atomic mass is 32.2. The molecule has 3 rings (SSSR count). The maximum Gasteiger partial charge on any atom is 0.305 e. The van der Waals surface area contributed by atoms with E-state index in [1.54, 1.807) is 0 Å². The highest BCUT2D eigenvalue weighted by molar-refractivity contribution is 7.92. The Balaban J connectivity index is 1.82. The van der Waals surface area contributed by atoms with E-state index in [0.29, 0.717) is 18.1 Å². The first-order chi connectivity index (χ1) is 11.8. The van der Waals surface area contributed by atoms with Gasteiger partial charge in [-0.3, -0.25) is 10.1 Å². The number of nitrogens with zero attached hydrogens (tertiary/aromatic N) is 3. The quantitative estimate of drug-likeness (QED) is 0.598. The van der Waals surface area contributed by atoms with Gasteiger partial charge in [-0.25, -0.2) is 8.42 Å². The van der Waals surface area contributed by atoms with Crippen molar-refractivity contribution in [2.24, 2.45) is 0 Å². The van der Waals surface area contributed by atoms with Crippen molar-refractivity contribution in [2.45, 2.75) is 11.1 Å². The van der Waals surface area contributed by atoms with Crippen LogP contribution in [0.3, 0.4) is 0 Å². The normalized spacial score (nSPS) is 15.4. The Bertz CT molecular complexity index is 900. The van der Waals surface area contributed by atoms with Crippen LogP contribution in [0.25, 0.3) is 0 Å². The van der Waals surface area contributed by atoms with Gasteiger partial charge in [0.05, 0.1) is 4.92 Å². The SMILES string of the molecule is Cc1ccccc1N1CCN(c2sc(S(C)(=O)=O)cc2[N+](=O)[O-])CC1. The van der Waals surface area contributed by atoms with Crippen molar-refractivity contribution in [3.8, 4) is 0 Å². The summed E-state index contributed by atoms with van der Waals surface area (Å²) in [5.74, 6) is 0. The molecule has 0 atom stereocenters. The Labute approximate surface area is 150 Å². The first-order valence-corrected chi connectivity index (χ1v) is 10.5. The number of rotatable bonds is 4. The summed E-state index contributed by atoms with van der Waals surface area (Å²) in [5, 5.41) is 11.7. The lowest BCUT2D eigenvalue weighted by Crippen LogP contribution is -2.46. The molecule has 0 amide bonds. The molecule has 2 heterocycles. The van der Waals surface area contributed by atoms with E-state index >= 15 is 0 Å². The van der Waals surface area contributed by atoms with Crippen LogP contribution in [0.5, 0.6) is 0 Å². The zero-order valence-corrected chi connectivity index (χ0v) is 15.6. The molecule has 0 saturated carbocycles. The number of hydrogen-bond acceptors (Lipinski definition) is 7. The number of thiophene rings is 1. The third kappa shape index (κ3) is 3.62. The van der Waals surface area contributed by atoms with E-state index in [9.17, 15) is 18.5 Å². The number of nitro groups is 1. The molecule has 25 heavy (non-hydrogen) atoms. The molecule has 9 heteroatoms. The molecule has 0 spiro atoms. The van der Waals surface area contributed by atoms with Gasteiger partial charge in [0.2, 0.25) is 0 Å². The van der Waals surface area contributed by atoms with Gasteiger partial charge in [-0.1, -0.05) is 29.5 Å². The molecule has 1 aromatic carbocycles. The van der Waals surface area contributed by atoms with Crippen LogP contribution in [0.1, 0.15) is 5.56 Å². The maximum atomic E-state index is 11.7. The standard InChI is InChI=1S/C16H19N3O4S2/c1-12-5-3-4-6-13(12)17-7-9-18(10-8-17)16-14(19(20)21)11-15(24-16)25(2,22)23/h3-6,11H,7-10H2,1-2H3. The zero-order valence-electron chi connectivity index (χ0n) is 14.0. The van der Waals surface area contributed by atoms with Crippen LogP contribution in [-0.4, -0.2) is 45.8 Å². The summed E-state index contributed by atoms with van der Waals surface area (Å²) in [6.45, 7) is 4.74. The third-order valence-electron chi connectivity index (χ3n) is 4.26. The Hall–Kier alpha value is -2.13. The number of sulfone groups is 1. The van der Waals surface area contributed by atoms with Gasteiger partial charge in [-0.2, -0.15) is 0 Å². The van der Waals surface area contributed by atoms with Crippen LogP contribution in [0.4, 0.5) is 16.4 Å². The number of hydrogen-bond donors (Lipinski definition) is 0. The molecule has 7 nitrogen and oxygen atoms in total.